The summed E-state index contributed by atoms with van der Waals surface area (Å²) >= 11 is 6.88. The maximum Gasteiger partial charge on any atom is 0.146 e. The number of aryl methyl sites for hydroxylation is 2. The number of nitrogens with zero attached hydrogens (tertiary/aromatic N) is 2. The van der Waals surface area contributed by atoms with E-state index < -0.39 is 6.10 Å². The molecule has 4 nitrogen and oxygen atoms in total. The normalized spacial score (nSPS) is 12.9. The molecule has 0 aliphatic rings. The molecule has 1 atom stereocenters. The highest BCUT2D eigenvalue weighted by Crippen LogP contribution is 2.30. The summed E-state index contributed by atoms with van der Waals surface area (Å²) in [6, 6.07) is 1.77. The fourth-order valence-corrected chi connectivity index (χ4v) is 3.10. The zero-order valence-electron chi connectivity index (χ0n) is 10.2. The Kier molecular flexibility index (Phi) is 4.29. The Morgan fingerprint density at radius 2 is 2.22 bits per heavy atom. The number of hydrogen-bond donors (Lipinski definition) is 1. The molecule has 0 saturated heterocycles. The zero-order chi connectivity index (χ0) is 13.3. The van der Waals surface area contributed by atoms with Crippen molar-refractivity contribution in [2.24, 2.45) is 7.05 Å². The van der Waals surface area contributed by atoms with Crippen LogP contribution in [0.2, 0.25) is 0 Å². The lowest BCUT2D eigenvalue weighted by atomic mass is 10.1. The molecule has 6 heteroatoms. The highest BCUT2D eigenvalue weighted by molar-refractivity contribution is 9.10. The fraction of sp³-hybridized carbons (Fsp3) is 0.417. The third kappa shape index (κ3) is 2.55. The zero-order valence-corrected chi connectivity index (χ0v) is 13.3. The SMILES string of the molecule is CCc1nn(C)c(CC(O)c2occc2Br)c1Br. The van der Waals surface area contributed by atoms with Gasteiger partial charge in [0.15, 0.2) is 0 Å². The molecule has 18 heavy (non-hydrogen) atoms. The number of rotatable bonds is 4. The van der Waals surface area contributed by atoms with E-state index in [0.717, 1.165) is 26.8 Å². The smallest absolute Gasteiger partial charge is 0.146 e. The van der Waals surface area contributed by atoms with Crippen molar-refractivity contribution in [1.29, 1.82) is 0 Å². The van der Waals surface area contributed by atoms with Gasteiger partial charge in [0.25, 0.3) is 0 Å². The topological polar surface area (TPSA) is 51.2 Å². The maximum absolute atomic E-state index is 10.2. The summed E-state index contributed by atoms with van der Waals surface area (Å²) in [6.45, 7) is 2.05. The first-order valence-electron chi connectivity index (χ1n) is 5.65. The summed E-state index contributed by atoms with van der Waals surface area (Å²) in [5, 5.41) is 14.6. The van der Waals surface area contributed by atoms with E-state index in [9.17, 15) is 5.11 Å². The second-order valence-electron chi connectivity index (χ2n) is 4.04. The van der Waals surface area contributed by atoms with Crippen molar-refractivity contribution < 1.29 is 9.52 Å². The first-order valence-corrected chi connectivity index (χ1v) is 7.24. The summed E-state index contributed by atoms with van der Waals surface area (Å²) < 4.78 is 8.81. The minimum Gasteiger partial charge on any atom is -0.465 e. The average molecular weight is 378 g/mol. The molecule has 0 bridgehead atoms. The van der Waals surface area contributed by atoms with Crippen LogP contribution in [0.15, 0.2) is 25.7 Å². The summed E-state index contributed by atoms with van der Waals surface area (Å²) in [5.41, 5.74) is 1.96. The van der Waals surface area contributed by atoms with Crippen molar-refractivity contribution in [2.45, 2.75) is 25.9 Å². The maximum atomic E-state index is 10.2. The Balaban J connectivity index is 2.24. The minimum atomic E-state index is -0.689. The predicted molar refractivity (Wildman–Crippen MR) is 75.4 cm³/mol. The standard InChI is InChI=1S/C12H14Br2N2O2/c1-3-8-11(14)9(16(2)15-8)6-10(17)12-7(13)4-5-18-12/h4-5,10,17H,3,6H2,1-2H3. The Labute approximate surface area is 122 Å². The van der Waals surface area contributed by atoms with E-state index in [-0.39, 0.29) is 0 Å². The van der Waals surface area contributed by atoms with Gasteiger partial charge in [0.05, 0.1) is 26.6 Å². The van der Waals surface area contributed by atoms with Gasteiger partial charge in [-0.15, -0.1) is 0 Å². The van der Waals surface area contributed by atoms with Gasteiger partial charge in [-0.2, -0.15) is 5.10 Å². The van der Waals surface area contributed by atoms with E-state index in [1.807, 2.05) is 7.05 Å². The van der Waals surface area contributed by atoms with E-state index in [1.165, 1.54) is 0 Å². The van der Waals surface area contributed by atoms with Crippen LogP contribution in [-0.4, -0.2) is 14.9 Å². The van der Waals surface area contributed by atoms with E-state index in [0.29, 0.717) is 12.2 Å². The van der Waals surface area contributed by atoms with Gasteiger partial charge in [-0.3, -0.25) is 4.68 Å². The van der Waals surface area contributed by atoms with E-state index in [1.54, 1.807) is 17.0 Å². The molecular weight excluding hydrogens is 364 g/mol. The molecule has 2 aromatic rings. The molecule has 0 fully saturated rings. The molecule has 2 heterocycles. The minimum absolute atomic E-state index is 0.455. The van der Waals surface area contributed by atoms with Gasteiger partial charge < -0.3 is 9.52 Å². The van der Waals surface area contributed by atoms with Gasteiger partial charge in [-0.25, -0.2) is 0 Å². The lowest BCUT2D eigenvalue weighted by Gasteiger charge is -2.09. The highest BCUT2D eigenvalue weighted by atomic mass is 79.9. The summed E-state index contributed by atoms with van der Waals surface area (Å²) in [5.74, 6) is 0.543. The Hall–Kier alpha value is -0.590. The molecule has 1 N–H and O–H groups in total. The van der Waals surface area contributed by atoms with E-state index in [4.69, 9.17) is 4.42 Å². The molecular formula is C12H14Br2N2O2. The molecule has 0 aliphatic heterocycles. The molecule has 2 aromatic heterocycles. The Morgan fingerprint density at radius 1 is 1.50 bits per heavy atom. The van der Waals surface area contributed by atoms with Crippen LogP contribution in [0.4, 0.5) is 0 Å². The van der Waals surface area contributed by atoms with Crippen molar-refractivity contribution in [1.82, 2.24) is 9.78 Å². The van der Waals surface area contributed by atoms with Crippen LogP contribution in [-0.2, 0) is 19.9 Å². The molecule has 98 valence electrons. The van der Waals surface area contributed by atoms with Gasteiger partial charge >= 0.3 is 0 Å². The molecule has 0 amide bonds. The molecule has 0 aliphatic carbocycles. The molecule has 0 saturated carbocycles. The number of furan rings is 1. The second-order valence-corrected chi connectivity index (χ2v) is 5.68. The number of aliphatic hydroxyl groups is 1. The van der Waals surface area contributed by atoms with Gasteiger partial charge in [0, 0.05) is 13.5 Å². The third-order valence-corrected chi connectivity index (χ3v) is 4.41. The fourth-order valence-electron chi connectivity index (χ4n) is 1.86. The third-order valence-electron chi connectivity index (χ3n) is 2.84. The van der Waals surface area contributed by atoms with Gasteiger partial charge in [0.2, 0.25) is 0 Å². The van der Waals surface area contributed by atoms with E-state index >= 15 is 0 Å². The summed E-state index contributed by atoms with van der Waals surface area (Å²) in [4.78, 5) is 0. The van der Waals surface area contributed by atoms with Crippen molar-refractivity contribution in [3.8, 4) is 0 Å². The molecule has 1 unspecified atom stereocenters. The highest BCUT2D eigenvalue weighted by Gasteiger charge is 2.20. The van der Waals surface area contributed by atoms with Crippen LogP contribution in [0, 0.1) is 0 Å². The number of halogens is 2. The lowest BCUT2D eigenvalue weighted by molar-refractivity contribution is 0.146. The average Bonchev–Trinajstić information content (AvgIpc) is 2.87. The molecule has 0 aromatic carbocycles. The monoisotopic (exact) mass is 376 g/mol. The van der Waals surface area contributed by atoms with Crippen molar-refractivity contribution in [3.05, 3.63) is 38.4 Å². The van der Waals surface area contributed by atoms with E-state index in [2.05, 4.69) is 43.9 Å². The number of aromatic nitrogens is 2. The van der Waals surface area contributed by atoms with Gasteiger partial charge in [-0.1, -0.05) is 6.92 Å². The second kappa shape index (κ2) is 5.59. The summed E-state index contributed by atoms with van der Waals surface area (Å²) in [7, 11) is 1.88. The van der Waals surface area contributed by atoms with Crippen LogP contribution in [0.3, 0.4) is 0 Å². The van der Waals surface area contributed by atoms with Crippen molar-refractivity contribution >= 4 is 31.9 Å². The van der Waals surface area contributed by atoms with Gasteiger partial charge in [-0.05, 0) is 44.3 Å². The molecule has 0 spiro atoms. The van der Waals surface area contributed by atoms with Crippen molar-refractivity contribution in [2.75, 3.05) is 0 Å². The Morgan fingerprint density at radius 3 is 2.72 bits per heavy atom. The van der Waals surface area contributed by atoms with Gasteiger partial charge in [0.1, 0.15) is 11.9 Å². The van der Waals surface area contributed by atoms with Crippen LogP contribution < -0.4 is 0 Å². The predicted octanol–water partition coefficient (Wildman–Crippen LogP) is 3.38. The summed E-state index contributed by atoms with van der Waals surface area (Å²) in [6.07, 6.45) is 2.18. The first-order chi connectivity index (χ1) is 8.54. The van der Waals surface area contributed by atoms with Crippen LogP contribution >= 0.6 is 31.9 Å². The largest absolute Gasteiger partial charge is 0.465 e. The van der Waals surface area contributed by atoms with Crippen molar-refractivity contribution in [3.63, 3.8) is 0 Å². The lowest BCUT2D eigenvalue weighted by Crippen LogP contribution is -2.06. The molecule has 0 radical (unpaired) electrons. The Bertz CT molecular complexity index is 548. The number of aliphatic hydroxyl groups excluding tert-OH is 1. The number of hydrogen-bond acceptors (Lipinski definition) is 3. The quantitative estimate of drug-likeness (QED) is 0.888. The molecule has 2 rings (SSSR count). The van der Waals surface area contributed by atoms with Crippen LogP contribution in [0.25, 0.3) is 0 Å². The first kappa shape index (κ1) is 13.8. The van der Waals surface area contributed by atoms with Crippen LogP contribution in [0.5, 0.6) is 0 Å². The van der Waals surface area contributed by atoms with Crippen LogP contribution in [0.1, 0.15) is 30.2 Å².